The molecule has 1 saturated heterocycles. The molecule has 12 heteroatoms. The number of hydrogen-bond acceptors (Lipinski definition) is 10. The van der Waals surface area contributed by atoms with Crippen LogP contribution in [0.4, 0.5) is 11.8 Å². The molecule has 3 aromatic carbocycles. The molecule has 11 nitrogen and oxygen atoms in total. The first-order chi connectivity index (χ1) is 22.8. The van der Waals surface area contributed by atoms with Crippen LogP contribution in [-0.2, 0) is 16.6 Å². The fourth-order valence-electron chi connectivity index (χ4n) is 5.94. The van der Waals surface area contributed by atoms with Crippen LogP contribution in [0.15, 0.2) is 94.5 Å². The third kappa shape index (κ3) is 6.03. The summed E-state index contributed by atoms with van der Waals surface area (Å²) in [5, 5.41) is 12.3. The lowest BCUT2D eigenvalue weighted by Gasteiger charge is -2.34. The van der Waals surface area contributed by atoms with E-state index in [0.29, 0.717) is 46.3 Å². The van der Waals surface area contributed by atoms with E-state index in [2.05, 4.69) is 32.3 Å². The van der Waals surface area contributed by atoms with Gasteiger partial charge in [-0.3, -0.25) is 0 Å². The zero-order chi connectivity index (χ0) is 32.5. The second kappa shape index (κ2) is 12.5. The molecule has 1 aliphatic rings. The second-order valence-corrected chi connectivity index (χ2v) is 13.6. The molecule has 4 heterocycles. The van der Waals surface area contributed by atoms with Crippen molar-refractivity contribution in [1.29, 1.82) is 0 Å². The highest BCUT2D eigenvalue weighted by atomic mass is 32.2. The Labute approximate surface area is 273 Å². The van der Waals surface area contributed by atoms with E-state index in [1.165, 1.54) is 10.4 Å². The minimum absolute atomic E-state index is 0.192. The normalized spacial score (nSPS) is 15.2. The number of hydrogen-bond donors (Lipinski definition) is 1. The van der Waals surface area contributed by atoms with Gasteiger partial charge in [-0.2, -0.15) is 0 Å². The van der Waals surface area contributed by atoms with Crippen LogP contribution >= 0.6 is 0 Å². The van der Waals surface area contributed by atoms with Gasteiger partial charge in [-0.05, 0) is 87.2 Å². The molecule has 1 atom stereocenters. The Morgan fingerprint density at radius 2 is 1.81 bits per heavy atom. The lowest BCUT2D eigenvalue weighted by atomic mass is 10.0. The SMILES string of the molecule is COc1ccc(CNc2nnc(-c3ccc4c(c3)c(-c3nccc(N5CCCCC5C)n3)cn4S(=O)(=O)c3ccc(C)cc3)o2)cc1. The average Bonchev–Trinajstić information content (AvgIpc) is 3.73. The van der Waals surface area contributed by atoms with Gasteiger partial charge in [0, 0.05) is 48.0 Å². The molecule has 0 bridgehead atoms. The first-order valence-electron chi connectivity index (χ1n) is 15.6. The molecule has 47 heavy (non-hydrogen) atoms. The van der Waals surface area contributed by atoms with Crippen molar-refractivity contribution in [3.05, 3.63) is 96.3 Å². The fraction of sp³-hybridized carbons (Fsp3) is 0.257. The largest absolute Gasteiger partial charge is 0.497 e. The first-order valence-corrected chi connectivity index (χ1v) is 17.0. The van der Waals surface area contributed by atoms with E-state index in [1.54, 1.807) is 55.9 Å². The molecule has 1 aliphatic heterocycles. The fourth-order valence-corrected chi connectivity index (χ4v) is 7.31. The molecule has 1 unspecified atom stereocenters. The molecule has 0 radical (unpaired) electrons. The Balaban J connectivity index is 1.28. The van der Waals surface area contributed by atoms with Crippen LogP contribution in [0.5, 0.6) is 5.75 Å². The highest BCUT2D eigenvalue weighted by molar-refractivity contribution is 7.90. The molecule has 6 aromatic rings. The van der Waals surface area contributed by atoms with Crippen LogP contribution in [0.25, 0.3) is 33.7 Å². The summed E-state index contributed by atoms with van der Waals surface area (Å²) >= 11 is 0. The van der Waals surface area contributed by atoms with Gasteiger partial charge >= 0.3 is 6.01 Å². The van der Waals surface area contributed by atoms with Crippen molar-refractivity contribution >= 4 is 32.8 Å². The Bertz CT molecular complexity index is 2140. The van der Waals surface area contributed by atoms with Gasteiger partial charge in [0.2, 0.25) is 5.89 Å². The topological polar surface area (TPSA) is 128 Å². The highest BCUT2D eigenvalue weighted by Crippen LogP contribution is 2.36. The van der Waals surface area contributed by atoms with Crippen LogP contribution in [-0.4, -0.2) is 52.3 Å². The van der Waals surface area contributed by atoms with E-state index in [-0.39, 0.29) is 10.9 Å². The first kappa shape index (κ1) is 30.4. The van der Waals surface area contributed by atoms with E-state index in [0.717, 1.165) is 42.1 Å². The summed E-state index contributed by atoms with van der Waals surface area (Å²) in [5.74, 6) is 2.33. The van der Waals surface area contributed by atoms with Gasteiger partial charge in [-0.25, -0.2) is 22.4 Å². The average molecular weight is 650 g/mol. The Morgan fingerprint density at radius 3 is 2.57 bits per heavy atom. The maximum atomic E-state index is 14.0. The van der Waals surface area contributed by atoms with Crippen molar-refractivity contribution in [2.24, 2.45) is 0 Å². The quantitative estimate of drug-likeness (QED) is 0.181. The molecule has 1 fully saturated rings. The zero-order valence-electron chi connectivity index (χ0n) is 26.4. The number of anilines is 2. The number of rotatable bonds is 9. The summed E-state index contributed by atoms with van der Waals surface area (Å²) in [4.78, 5) is 12.1. The van der Waals surface area contributed by atoms with Crippen molar-refractivity contribution in [2.45, 2.75) is 50.6 Å². The molecule has 7 rings (SSSR count). The van der Waals surface area contributed by atoms with Crippen molar-refractivity contribution in [2.75, 3.05) is 23.9 Å². The number of aryl methyl sites for hydroxylation is 1. The summed E-state index contributed by atoms with van der Waals surface area (Å²) in [6, 6.07) is 22.4. The Kier molecular flexibility index (Phi) is 8.10. The number of piperidine rings is 1. The standard InChI is InChI=1S/C35H35N7O4S/c1-23-7-14-28(15-8-23)47(43,44)42-22-30(33-36-18-17-32(38-33)41-19-5-4-6-24(41)2)29-20-26(11-16-31(29)42)34-39-40-35(46-34)37-21-25-9-12-27(45-3)13-10-25/h7-18,20,22,24H,4-6,19,21H2,1-3H3,(H,37,40). The molecule has 0 saturated carbocycles. The second-order valence-electron chi connectivity index (χ2n) is 11.8. The van der Waals surface area contributed by atoms with Gasteiger partial charge in [-0.1, -0.05) is 34.9 Å². The zero-order valence-corrected chi connectivity index (χ0v) is 27.2. The number of fused-ring (bicyclic) bond motifs is 1. The van der Waals surface area contributed by atoms with Gasteiger partial charge in [0.05, 0.1) is 17.5 Å². The van der Waals surface area contributed by atoms with Gasteiger partial charge in [-0.15, -0.1) is 5.10 Å². The van der Waals surface area contributed by atoms with Crippen molar-refractivity contribution in [1.82, 2.24) is 24.1 Å². The molecule has 0 aliphatic carbocycles. The van der Waals surface area contributed by atoms with Crippen molar-refractivity contribution in [3.63, 3.8) is 0 Å². The predicted octanol–water partition coefficient (Wildman–Crippen LogP) is 6.69. The van der Waals surface area contributed by atoms with Gasteiger partial charge in [0.1, 0.15) is 11.6 Å². The monoisotopic (exact) mass is 649 g/mol. The smallest absolute Gasteiger partial charge is 0.316 e. The summed E-state index contributed by atoms with van der Waals surface area (Å²) in [5.41, 5.74) is 3.70. The lowest BCUT2D eigenvalue weighted by Crippen LogP contribution is -2.38. The third-order valence-electron chi connectivity index (χ3n) is 8.60. The molecule has 0 amide bonds. The Morgan fingerprint density at radius 1 is 1.00 bits per heavy atom. The number of nitrogens with one attached hydrogen (secondary N) is 1. The highest BCUT2D eigenvalue weighted by Gasteiger charge is 2.25. The maximum Gasteiger partial charge on any atom is 0.316 e. The summed E-state index contributed by atoms with van der Waals surface area (Å²) < 4.78 is 40.5. The maximum absolute atomic E-state index is 14.0. The van der Waals surface area contributed by atoms with E-state index >= 15 is 0 Å². The van der Waals surface area contributed by atoms with Gasteiger partial charge in [0.15, 0.2) is 5.82 Å². The van der Waals surface area contributed by atoms with E-state index in [1.807, 2.05) is 43.3 Å². The molecule has 1 N–H and O–H groups in total. The van der Waals surface area contributed by atoms with Crippen LogP contribution < -0.4 is 15.0 Å². The van der Waals surface area contributed by atoms with Gasteiger partial charge < -0.3 is 19.4 Å². The van der Waals surface area contributed by atoms with E-state index in [4.69, 9.17) is 14.1 Å². The summed E-state index contributed by atoms with van der Waals surface area (Å²) in [7, 11) is -2.31. The minimum Gasteiger partial charge on any atom is -0.497 e. The van der Waals surface area contributed by atoms with Crippen LogP contribution in [0.3, 0.4) is 0 Å². The molecule has 0 spiro atoms. The predicted molar refractivity (Wildman–Crippen MR) is 181 cm³/mol. The van der Waals surface area contributed by atoms with Crippen LogP contribution in [0.1, 0.15) is 37.3 Å². The molecular weight excluding hydrogens is 614 g/mol. The van der Waals surface area contributed by atoms with Gasteiger partial charge in [0.25, 0.3) is 10.0 Å². The number of benzene rings is 3. The van der Waals surface area contributed by atoms with Crippen LogP contribution in [0, 0.1) is 6.92 Å². The minimum atomic E-state index is -3.94. The molecule has 240 valence electrons. The molecule has 3 aromatic heterocycles. The Hall–Kier alpha value is -5.23. The number of ether oxygens (including phenoxy) is 1. The van der Waals surface area contributed by atoms with Crippen molar-refractivity contribution < 1.29 is 17.6 Å². The number of nitrogens with zero attached hydrogens (tertiary/aromatic N) is 6. The number of aromatic nitrogens is 5. The summed E-state index contributed by atoms with van der Waals surface area (Å²) in [6.45, 7) is 5.53. The lowest BCUT2D eigenvalue weighted by molar-refractivity contribution is 0.414. The van der Waals surface area contributed by atoms with E-state index in [9.17, 15) is 8.42 Å². The summed E-state index contributed by atoms with van der Waals surface area (Å²) in [6.07, 6.45) is 6.73. The number of methoxy groups -OCH3 is 1. The van der Waals surface area contributed by atoms with Crippen LogP contribution in [0.2, 0.25) is 0 Å². The van der Waals surface area contributed by atoms with Crippen molar-refractivity contribution in [3.8, 4) is 28.6 Å². The van der Waals surface area contributed by atoms with E-state index < -0.39 is 10.0 Å². The third-order valence-corrected chi connectivity index (χ3v) is 10.3. The molecular formula is C35H35N7O4S.